The fraction of sp³-hybridized carbons (Fsp3) is 0.188. The number of carboxylic acids is 1. The number of halogens is 2. The number of carboxylic acid groups (broad SMARTS) is 1. The van der Waals surface area contributed by atoms with E-state index in [0.717, 1.165) is 17.3 Å². The van der Waals surface area contributed by atoms with Gasteiger partial charge >= 0.3 is 5.97 Å². The second-order valence-electron chi connectivity index (χ2n) is 5.03. The smallest absolute Gasteiger partial charge is 0.335 e. The van der Waals surface area contributed by atoms with Crippen molar-refractivity contribution in [2.45, 2.75) is 13.0 Å². The summed E-state index contributed by atoms with van der Waals surface area (Å²) in [5.41, 5.74) is 2.34. The Labute approximate surface area is 120 Å². The number of hydrogen-bond acceptors (Lipinski definition) is 2. The lowest BCUT2D eigenvalue weighted by Gasteiger charge is -2.20. The van der Waals surface area contributed by atoms with Crippen LogP contribution < -0.4 is 4.90 Å². The van der Waals surface area contributed by atoms with E-state index in [4.69, 9.17) is 5.11 Å². The first-order valence-electron chi connectivity index (χ1n) is 6.60. The van der Waals surface area contributed by atoms with Gasteiger partial charge in [-0.25, -0.2) is 13.6 Å². The number of nitrogens with zero attached hydrogens (tertiary/aromatic N) is 1. The number of rotatable bonds is 3. The van der Waals surface area contributed by atoms with E-state index in [1.807, 2.05) is 4.90 Å². The molecule has 0 saturated carbocycles. The molecule has 0 aromatic heterocycles. The lowest BCUT2D eigenvalue weighted by Crippen LogP contribution is -2.20. The van der Waals surface area contributed by atoms with E-state index in [-0.39, 0.29) is 12.1 Å². The number of aromatic carboxylic acids is 1. The molecule has 0 radical (unpaired) electrons. The molecule has 0 spiro atoms. The molecule has 0 aliphatic carbocycles. The SMILES string of the molecule is O=C(O)c1ccc2c(c1)CCN2Cc1cccc(F)c1F. The average molecular weight is 289 g/mol. The van der Waals surface area contributed by atoms with Gasteiger partial charge in [0.15, 0.2) is 11.6 Å². The molecule has 3 nitrogen and oxygen atoms in total. The van der Waals surface area contributed by atoms with E-state index in [9.17, 15) is 13.6 Å². The third kappa shape index (κ3) is 2.46. The van der Waals surface area contributed by atoms with Crippen LogP contribution >= 0.6 is 0 Å². The predicted molar refractivity (Wildman–Crippen MR) is 74.5 cm³/mol. The van der Waals surface area contributed by atoms with Crippen LogP contribution in [0, 0.1) is 11.6 Å². The molecule has 0 atom stereocenters. The summed E-state index contributed by atoms with van der Waals surface area (Å²) in [4.78, 5) is 12.9. The van der Waals surface area contributed by atoms with Gasteiger partial charge in [0.25, 0.3) is 0 Å². The molecule has 0 amide bonds. The zero-order chi connectivity index (χ0) is 15.0. The quantitative estimate of drug-likeness (QED) is 0.943. The predicted octanol–water partition coefficient (Wildman–Crippen LogP) is 3.23. The average Bonchev–Trinajstić information content (AvgIpc) is 2.86. The van der Waals surface area contributed by atoms with Crippen molar-refractivity contribution in [3.8, 4) is 0 Å². The second kappa shape index (κ2) is 5.16. The van der Waals surface area contributed by atoms with Crippen molar-refractivity contribution in [2.75, 3.05) is 11.4 Å². The van der Waals surface area contributed by atoms with E-state index < -0.39 is 17.6 Å². The van der Waals surface area contributed by atoms with Crippen LogP contribution in [0.3, 0.4) is 0 Å². The molecule has 2 aromatic carbocycles. The van der Waals surface area contributed by atoms with Crippen LogP contribution in [0.15, 0.2) is 36.4 Å². The molecule has 2 aromatic rings. The van der Waals surface area contributed by atoms with E-state index in [1.165, 1.54) is 12.1 Å². The third-order valence-electron chi connectivity index (χ3n) is 3.71. The Balaban J connectivity index is 1.88. The fourth-order valence-electron chi connectivity index (χ4n) is 2.64. The van der Waals surface area contributed by atoms with Gasteiger partial charge in [-0.15, -0.1) is 0 Å². The van der Waals surface area contributed by atoms with Gasteiger partial charge in [0.05, 0.1) is 5.56 Å². The molecular formula is C16H13F2NO2. The summed E-state index contributed by atoms with van der Waals surface area (Å²) in [5.74, 6) is -2.64. The minimum atomic E-state index is -0.965. The monoisotopic (exact) mass is 289 g/mol. The van der Waals surface area contributed by atoms with Crippen LogP contribution in [0.1, 0.15) is 21.5 Å². The minimum absolute atomic E-state index is 0.243. The third-order valence-corrected chi connectivity index (χ3v) is 3.71. The van der Waals surface area contributed by atoms with Crippen LogP contribution in [-0.2, 0) is 13.0 Å². The Morgan fingerprint density at radius 3 is 2.81 bits per heavy atom. The summed E-state index contributed by atoms with van der Waals surface area (Å²) in [7, 11) is 0. The summed E-state index contributed by atoms with van der Waals surface area (Å²) in [5, 5.41) is 8.98. The Kier molecular flexibility index (Phi) is 3.33. The highest BCUT2D eigenvalue weighted by atomic mass is 19.2. The number of benzene rings is 2. The Hall–Kier alpha value is -2.43. The molecule has 0 fully saturated rings. The molecule has 3 rings (SSSR count). The molecule has 5 heteroatoms. The van der Waals surface area contributed by atoms with Crippen LogP contribution in [-0.4, -0.2) is 17.6 Å². The molecule has 1 aliphatic rings. The van der Waals surface area contributed by atoms with E-state index >= 15 is 0 Å². The highest BCUT2D eigenvalue weighted by Gasteiger charge is 2.22. The minimum Gasteiger partial charge on any atom is -0.478 e. The van der Waals surface area contributed by atoms with Crippen LogP contribution in [0.25, 0.3) is 0 Å². The topological polar surface area (TPSA) is 40.5 Å². The zero-order valence-corrected chi connectivity index (χ0v) is 11.1. The van der Waals surface area contributed by atoms with Gasteiger partial charge in [0.2, 0.25) is 0 Å². The van der Waals surface area contributed by atoms with Crippen LogP contribution in [0.5, 0.6) is 0 Å². The maximum absolute atomic E-state index is 13.7. The van der Waals surface area contributed by atoms with Gasteiger partial charge in [0.1, 0.15) is 0 Å². The maximum atomic E-state index is 13.7. The Morgan fingerprint density at radius 2 is 2.05 bits per heavy atom. The normalized spacial score (nSPS) is 13.3. The molecule has 1 aliphatic heterocycles. The first-order chi connectivity index (χ1) is 10.1. The number of carbonyl (C=O) groups is 1. The highest BCUT2D eigenvalue weighted by Crippen LogP contribution is 2.30. The van der Waals surface area contributed by atoms with Crippen molar-refractivity contribution >= 4 is 11.7 Å². The van der Waals surface area contributed by atoms with Gasteiger partial charge < -0.3 is 10.0 Å². The summed E-state index contributed by atoms with van der Waals surface area (Å²) in [6, 6.07) is 9.03. The zero-order valence-electron chi connectivity index (χ0n) is 11.1. The molecule has 0 unspecified atom stereocenters. The fourth-order valence-corrected chi connectivity index (χ4v) is 2.64. The lowest BCUT2D eigenvalue weighted by atomic mass is 10.1. The number of fused-ring (bicyclic) bond motifs is 1. The molecule has 0 saturated heterocycles. The lowest BCUT2D eigenvalue weighted by molar-refractivity contribution is 0.0697. The van der Waals surface area contributed by atoms with Crippen LogP contribution in [0.4, 0.5) is 14.5 Å². The maximum Gasteiger partial charge on any atom is 0.335 e. The number of anilines is 1. The molecular weight excluding hydrogens is 276 g/mol. The summed E-state index contributed by atoms with van der Waals surface area (Å²) in [6.07, 6.45) is 0.702. The summed E-state index contributed by atoms with van der Waals surface area (Å²) < 4.78 is 27.0. The molecule has 0 bridgehead atoms. The van der Waals surface area contributed by atoms with Gasteiger partial charge in [-0.05, 0) is 36.2 Å². The Morgan fingerprint density at radius 1 is 1.24 bits per heavy atom. The van der Waals surface area contributed by atoms with Crippen molar-refractivity contribution in [2.24, 2.45) is 0 Å². The van der Waals surface area contributed by atoms with Crippen LogP contribution in [0.2, 0.25) is 0 Å². The van der Waals surface area contributed by atoms with E-state index in [1.54, 1.807) is 18.2 Å². The van der Waals surface area contributed by atoms with Crippen molar-refractivity contribution < 1.29 is 18.7 Å². The number of hydrogen-bond donors (Lipinski definition) is 1. The van der Waals surface area contributed by atoms with E-state index in [2.05, 4.69) is 0 Å². The highest BCUT2D eigenvalue weighted by molar-refractivity contribution is 5.88. The first-order valence-corrected chi connectivity index (χ1v) is 6.60. The van der Waals surface area contributed by atoms with Crippen molar-refractivity contribution in [1.29, 1.82) is 0 Å². The first kappa shape index (κ1) is 13.5. The van der Waals surface area contributed by atoms with Crippen molar-refractivity contribution in [3.63, 3.8) is 0 Å². The van der Waals surface area contributed by atoms with Crippen molar-refractivity contribution in [1.82, 2.24) is 0 Å². The van der Waals surface area contributed by atoms with Gasteiger partial charge in [-0.2, -0.15) is 0 Å². The largest absolute Gasteiger partial charge is 0.478 e. The van der Waals surface area contributed by atoms with Crippen molar-refractivity contribution in [3.05, 3.63) is 64.7 Å². The Bertz CT molecular complexity index is 715. The van der Waals surface area contributed by atoms with E-state index in [0.29, 0.717) is 18.5 Å². The molecule has 1 N–H and O–H groups in total. The molecule has 1 heterocycles. The van der Waals surface area contributed by atoms with Gasteiger partial charge in [0, 0.05) is 24.3 Å². The van der Waals surface area contributed by atoms with Gasteiger partial charge in [-0.1, -0.05) is 12.1 Å². The summed E-state index contributed by atoms with van der Waals surface area (Å²) in [6.45, 7) is 0.928. The summed E-state index contributed by atoms with van der Waals surface area (Å²) >= 11 is 0. The van der Waals surface area contributed by atoms with Gasteiger partial charge in [-0.3, -0.25) is 0 Å². The molecule has 21 heavy (non-hydrogen) atoms. The standard InChI is InChI=1S/C16H13F2NO2/c17-13-3-1-2-12(15(13)18)9-19-7-6-10-8-11(16(20)21)4-5-14(10)19/h1-5,8H,6-7,9H2,(H,20,21). The second-order valence-corrected chi connectivity index (χ2v) is 5.03. The molecule has 108 valence electrons.